The fraction of sp³-hybridized carbons (Fsp3) is 1.00. The SMILES string of the molecule is COCCOCCOC1C(C)[C@H](OCCOCCOC)[C@H](C)C(OCCOCCOC)[C@@H]1C. The molecule has 1 fully saturated rings. The van der Waals surface area contributed by atoms with E-state index in [4.69, 9.17) is 42.6 Å². The van der Waals surface area contributed by atoms with E-state index in [1.807, 2.05) is 0 Å². The standard InChI is InChI=1S/C24H48O9/c1-19-22(31-16-13-28-10-7-25-4)20(2)24(33-18-15-30-12-9-27-6)21(3)23(19)32-17-14-29-11-8-26-5/h19-24H,7-18H2,1-6H3/t19-,20+,21?,22?,23-,24?/m1/s1. The summed E-state index contributed by atoms with van der Waals surface area (Å²) in [5.74, 6) is 0.641. The Morgan fingerprint density at radius 2 is 0.606 bits per heavy atom. The predicted octanol–water partition coefficient (Wildman–Crippen LogP) is 2.05. The minimum Gasteiger partial charge on any atom is -0.382 e. The van der Waals surface area contributed by atoms with E-state index < -0.39 is 0 Å². The number of ether oxygens (including phenoxy) is 9. The minimum absolute atomic E-state index is 0.00560. The van der Waals surface area contributed by atoms with Gasteiger partial charge in [-0.3, -0.25) is 0 Å². The van der Waals surface area contributed by atoms with Gasteiger partial charge in [0, 0.05) is 39.1 Å². The van der Waals surface area contributed by atoms with E-state index in [-0.39, 0.29) is 36.1 Å². The van der Waals surface area contributed by atoms with Gasteiger partial charge in [0.05, 0.1) is 97.6 Å². The van der Waals surface area contributed by atoms with Gasteiger partial charge in [-0.05, 0) is 0 Å². The summed E-state index contributed by atoms with van der Waals surface area (Å²) in [4.78, 5) is 0. The summed E-state index contributed by atoms with van der Waals surface area (Å²) in [6.07, 6.45) is 0.0168. The van der Waals surface area contributed by atoms with Crippen molar-refractivity contribution in [1.29, 1.82) is 0 Å². The first-order chi connectivity index (χ1) is 16.1. The summed E-state index contributed by atoms with van der Waals surface area (Å²) in [5, 5.41) is 0. The predicted molar refractivity (Wildman–Crippen MR) is 125 cm³/mol. The second kappa shape index (κ2) is 19.9. The number of methoxy groups -OCH3 is 3. The van der Waals surface area contributed by atoms with Crippen LogP contribution in [0.3, 0.4) is 0 Å². The third kappa shape index (κ3) is 12.2. The lowest BCUT2D eigenvalue weighted by molar-refractivity contribution is -0.195. The van der Waals surface area contributed by atoms with Gasteiger partial charge in [0.1, 0.15) is 0 Å². The maximum atomic E-state index is 6.29. The number of hydrogen-bond donors (Lipinski definition) is 0. The van der Waals surface area contributed by atoms with Crippen molar-refractivity contribution in [3.05, 3.63) is 0 Å². The second-order valence-electron chi connectivity index (χ2n) is 8.40. The number of rotatable bonds is 21. The Hall–Kier alpha value is -0.360. The molecule has 0 unspecified atom stereocenters. The molecule has 33 heavy (non-hydrogen) atoms. The molecule has 0 aliphatic heterocycles. The third-order valence-electron chi connectivity index (χ3n) is 6.02. The van der Waals surface area contributed by atoms with Gasteiger partial charge in [-0.15, -0.1) is 0 Å². The highest BCUT2D eigenvalue weighted by Gasteiger charge is 2.47. The van der Waals surface area contributed by atoms with Gasteiger partial charge in [0.15, 0.2) is 0 Å². The van der Waals surface area contributed by atoms with Gasteiger partial charge >= 0.3 is 0 Å². The summed E-state index contributed by atoms with van der Waals surface area (Å²) >= 11 is 0. The highest BCUT2D eigenvalue weighted by atomic mass is 16.6. The maximum Gasteiger partial charge on any atom is 0.0704 e. The van der Waals surface area contributed by atoms with Gasteiger partial charge in [0.25, 0.3) is 0 Å². The van der Waals surface area contributed by atoms with E-state index in [9.17, 15) is 0 Å². The van der Waals surface area contributed by atoms with E-state index in [2.05, 4.69) is 20.8 Å². The Bertz CT molecular complexity index is 366. The van der Waals surface area contributed by atoms with Crippen molar-refractivity contribution in [3.8, 4) is 0 Å². The van der Waals surface area contributed by atoms with E-state index in [1.54, 1.807) is 21.3 Å². The largest absolute Gasteiger partial charge is 0.382 e. The van der Waals surface area contributed by atoms with Crippen LogP contribution in [0.15, 0.2) is 0 Å². The molecule has 0 atom stereocenters. The first-order valence-electron chi connectivity index (χ1n) is 12.1. The van der Waals surface area contributed by atoms with Crippen LogP contribution in [0.25, 0.3) is 0 Å². The van der Waals surface area contributed by atoms with Gasteiger partial charge < -0.3 is 42.6 Å². The van der Waals surface area contributed by atoms with Crippen LogP contribution in [0.2, 0.25) is 0 Å². The fourth-order valence-electron chi connectivity index (χ4n) is 4.37. The Morgan fingerprint density at radius 3 is 0.848 bits per heavy atom. The summed E-state index contributed by atoms with van der Waals surface area (Å²) in [7, 11) is 4.99. The lowest BCUT2D eigenvalue weighted by atomic mass is 9.70. The minimum atomic E-state index is 0.00560. The normalized spacial score (nSPS) is 27.8. The lowest BCUT2D eigenvalue weighted by Crippen LogP contribution is -2.55. The highest BCUT2D eigenvalue weighted by molar-refractivity contribution is 4.95. The molecule has 1 aliphatic rings. The van der Waals surface area contributed by atoms with Crippen molar-refractivity contribution in [2.45, 2.75) is 39.1 Å². The molecule has 1 aliphatic carbocycles. The molecule has 0 amide bonds. The fourth-order valence-corrected chi connectivity index (χ4v) is 4.37. The highest BCUT2D eigenvalue weighted by Crippen LogP contribution is 2.39. The summed E-state index contributed by atoms with van der Waals surface area (Å²) in [6, 6.07) is 0. The molecule has 9 heteroatoms. The first kappa shape index (κ1) is 30.7. The zero-order valence-electron chi connectivity index (χ0n) is 21.6. The topological polar surface area (TPSA) is 83.1 Å². The summed E-state index contributed by atoms with van der Waals surface area (Å²) in [6.45, 7) is 13.2. The first-order valence-corrected chi connectivity index (χ1v) is 12.1. The maximum absolute atomic E-state index is 6.29. The molecule has 0 radical (unpaired) electrons. The second-order valence-corrected chi connectivity index (χ2v) is 8.40. The molecule has 0 aromatic heterocycles. The van der Waals surface area contributed by atoms with Gasteiger partial charge in [-0.25, -0.2) is 0 Å². The average molecular weight is 481 g/mol. The molecule has 198 valence electrons. The molecule has 0 N–H and O–H groups in total. The van der Waals surface area contributed by atoms with Crippen LogP contribution in [0, 0.1) is 17.8 Å². The van der Waals surface area contributed by atoms with Crippen LogP contribution < -0.4 is 0 Å². The van der Waals surface area contributed by atoms with Crippen molar-refractivity contribution in [2.75, 3.05) is 101 Å². The van der Waals surface area contributed by atoms with Crippen molar-refractivity contribution >= 4 is 0 Å². The number of hydrogen-bond acceptors (Lipinski definition) is 9. The molecule has 0 saturated heterocycles. The monoisotopic (exact) mass is 480 g/mol. The Balaban J connectivity index is 2.62. The van der Waals surface area contributed by atoms with Crippen molar-refractivity contribution < 1.29 is 42.6 Å². The van der Waals surface area contributed by atoms with Crippen LogP contribution in [0.5, 0.6) is 0 Å². The van der Waals surface area contributed by atoms with E-state index >= 15 is 0 Å². The zero-order valence-corrected chi connectivity index (χ0v) is 21.6. The quantitative estimate of drug-likeness (QED) is 0.229. The van der Waals surface area contributed by atoms with Crippen LogP contribution in [-0.4, -0.2) is 119 Å². The molecule has 0 heterocycles. The smallest absolute Gasteiger partial charge is 0.0704 e. The molecule has 1 saturated carbocycles. The van der Waals surface area contributed by atoms with Crippen LogP contribution in [0.1, 0.15) is 20.8 Å². The lowest BCUT2D eigenvalue weighted by Gasteiger charge is -2.48. The van der Waals surface area contributed by atoms with Crippen LogP contribution in [-0.2, 0) is 42.6 Å². The third-order valence-corrected chi connectivity index (χ3v) is 6.02. The van der Waals surface area contributed by atoms with Crippen LogP contribution in [0.4, 0.5) is 0 Å². The molecule has 0 spiro atoms. The van der Waals surface area contributed by atoms with Gasteiger partial charge in [-0.1, -0.05) is 20.8 Å². The summed E-state index contributed by atoms with van der Waals surface area (Å²) in [5.41, 5.74) is 0. The average Bonchev–Trinajstić information content (AvgIpc) is 2.81. The molecule has 0 bridgehead atoms. The van der Waals surface area contributed by atoms with E-state index in [0.717, 1.165) is 0 Å². The van der Waals surface area contributed by atoms with Gasteiger partial charge in [0.2, 0.25) is 0 Å². The molecule has 9 nitrogen and oxygen atoms in total. The van der Waals surface area contributed by atoms with Crippen molar-refractivity contribution in [3.63, 3.8) is 0 Å². The molecule has 0 aromatic carbocycles. The molecular formula is C24H48O9. The molecule has 1 rings (SSSR count). The van der Waals surface area contributed by atoms with Crippen molar-refractivity contribution in [2.24, 2.45) is 17.8 Å². The Labute approximate surface area is 200 Å². The zero-order chi connectivity index (χ0) is 24.3. The Kier molecular flexibility index (Phi) is 18.5. The van der Waals surface area contributed by atoms with Crippen molar-refractivity contribution in [1.82, 2.24) is 0 Å². The molecular weight excluding hydrogens is 432 g/mol. The molecule has 0 aromatic rings. The van der Waals surface area contributed by atoms with E-state index in [1.165, 1.54) is 0 Å². The van der Waals surface area contributed by atoms with Crippen LogP contribution >= 0.6 is 0 Å². The van der Waals surface area contributed by atoms with Gasteiger partial charge in [-0.2, -0.15) is 0 Å². The van der Waals surface area contributed by atoms with E-state index in [0.29, 0.717) is 79.3 Å². The summed E-state index contributed by atoms with van der Waals surface area (Å²) < 4.78 is 50.6. The Morgan fingerprint density at radius 1 is 0.364 bits per heavy atom.